The average molecular weight is 498 g/mol. The van der Waals surface area contributed by atoms with Crippen molar-refractivity contribution in [2.24, 2.45) is 0 Å². The van der Waals surface area contributed by atoms with Gasteiger partial charge in [-0.25, -0.2) is 9.50 Å². The van der Waals surface area contributed by atoms with E-state index in [1.165, 1.54) is 39.6 Å². The molecule has 2 aromatic heterocycles. The van der Waals surface area contributed by atoms with Gasteiger partial charge in [0, 0.05) is 23.5 Å². The fourth-order valence-electron chi connectivity index (χ4n) is 5.09. The van der Waals surface area contributed by atoms with Crippen molar-refractivity contribution in [2.45, 2.75) is 43.4 Å². The number of nitrogens with two attached hydrogens (primary N) is 1. The van der Waals surface area contributed by atoms with Crippen molar-refractivity contribution in [1.29, 1.82) is 0 Å². The lowest BCUT2D eigenvalue weighted by molar-refractivity contribution is -0.174. The maximum atomic E-state index is 13.8. The highest BCUT2D eigenvalue weighted by molar-refractivity contribution is 6.49. The molecule has 1 fully saturated rings. The van der Waals surface area contributed by atoms with Crippen LogP contribution in [0.2, 0.25) is 0 Å². The molecule has 1 saturated heterocycles. The Balaban J connectivity index is 1.93. The predicted octanol–water partition coefficient (Wildman–Crippen LogP) is -0.830. The third kappa shape index (κ3) is 3.47. The average Bonchev–Trinajstić information content (AvgIpc) is 3.14. The molecule has 3 heterocycles. The van der Waals surface area contributed by atoms with Crippen molar-refractivity contribution in [3.63, 3.8) is 0 Å². The molecule has 1 aromatic carbocycles. The Labute approximate surface area is 207 Å². The molecule has 1 atom stereocenters. The van der Waals surface area contributed by atoms with Gasteiger partial charge in [0.05, 0.1) is 11.3 Å². The smallest absolute Gasteiger partial charge is 0.382 e. The van der Waals surface area contributed by atoms with E-state index >= 15 is 0 Å². The van der Waals surface area contributed by atoms with Crippen LogP contribution in [0.4, 0.5) is 24.7 Å². The number of aromatic nitrogens is 3. The molecule has 0 radical (unpaired) electrons. The Hall–Kier alpha value is -3.48. The maximum Gasteiger partial charge on any atom is 0.418 e. The van der Waals surface area contributed by atoms with Crippen LogP contribution in [0.3, 0.4) is 0 Å². The van der Waals surface area contributed by atoms with Gasteiger partial charge in [-0.1, -0.05) is 12.1 Å². The third-order valence-electron chi connectivity index (χ3n) is 7.04. The monoisotopic (exact) mass is 498 g/mol. The molecule has 0 bridgehead atoms. The molecule has 186 valence electrons. The molecule has 1 aliphatic rings. The van der Waals surface area contributed by atoms with Gasteiger partial charge in [-0.2, -0.15) is 18.3 Å². The van der Waals surface area contributed by atoms with Crippen LogP contribution in [0.15, 0.2) is 36.7 Å². The molecule has 1 aliphatic heterocycles. The number of aliphatic hydroxyl groups is 1. The summed E-state index contributed by atoms with van der Waals surface area (Å²) in [6, 6.07) is 7.25. The van der Waals surface area contributed by atoms with Crippen LogP contribution in [-0.4, -0.2) is 76.5 Å². The zero-order valence-corrected chi connectivity index (χ0v) is 20.7. The van der Waals surface area contributed by atoms with Gasteiger partial charge < -0.3 is 20.6 Å². The first-order chi connectivity index (χ1) is 16.4. The van der Waals surface area contributed by atoms with Crippen molar-refractivity contribution in [3.8, 4) is 11.3 Å². The van der Waals surface area contributed by atoms with Gasteiger partial charge in [0.15, 0.2) is 13.7 Å². The number of benzene rings is 1. The highest BCUT2D eigenvalue weighted by atomic mass is 19.4. The Bertz CT molecular complexity index is 1410. The third-order valence-corrected chi connectivity index (χ3v) is 7.04. The molecule has 4 rings (SSSR count). The number of carbonyl (C=O) groups is 2. The first-order valence-electron chi connectivity index (χ1n) is 11.1. The number of fused-ring (bicyclic) bond motifs is 1. The second kappa shape index (κ2) is 7.76. The molecular weight excluding hydrogens is 474 g/mol. The molecule has 0 aliphatic carbocycles. The fraction of sp³-hybridized carbons (Fsp3) is 0.333. The molecule has 3 N–H and O–H groups in total. The molecule has 2 amide bonds. The Morgan fingerprint density at radius 2 is 1.81 bits per heavy atom. The number of hydrogen-bond donors (Lipinski definition) is 2. The van der Waals surface area contributed by atoms with E-state index in [0.717, 1.165) is 21.8 Å². The topological polar surface area (TPSA) is 117 Å². The lowest BCUT2D eigenvalue weighted by Crippen LogP contribution is -2.85. The van der Waals surface area contributed by atoms with Crippen LogP contribution in [0.5, 0.6) is 0 Å². The van der Waals surface area contributed by atoms with E-state index in [1.54, 1.807) is 33.9 Å². The number of halogens is 3. The van der Waals surface area contributed by atoms with Gasteiger partial charge in [-0.15, -0.1) is 0 Å². The SMILES string of the molecule is BC1(B)N(c2cccc(-c3cc(C(F)(F)F)c4c(N)ncnn34)c2)C(=O)C(C)(C)N(C(C)=O)C1(B)O. The lowest BCUT2D eigenvalue weighted by Gasteiger charge is -2.63. The Morgan fingerprint density at radius 1 is 1.17 bits per heavy atom. The highest BCUT2D eigenvalue weighted by Gasteiger charge is 2.62. The number of amides is 2. The molecule has 3 aromatic rings. The number of nitrogen functional groups attached to an aromatic ring is 1. The van der Waals surface area contributed by atoms with E-state index in [2.05, 4.69) is 10.1 Å². The van der Waals surface area contributed by atoms with Crippen LogP contribution >= 0.6 is 0 Å². The van der Waals surface area contributed by atoms with Gasteiger partial charge in [0.1, 0.15) is 38.7 Å². The van der Waals surface area contributed by atoms with Gasteiger partial charge >= 0.3 is 6.18 Å². The zero-order chi connectivity index (χ0) is 27.0. The van der Waals surface area contributed by atoms with E-state index in [1.807, 2.05) is 0 Å². The van der Waals surface area contributed by atoms with Gasteiger partial charge in [-0.3, -0.25) is 9.59 Å². The fourth-order valence-corrected chi connectivity index (χ4v) is 5.09. The lowest BCUT2D eigenvalue weighted by atomic mass is 9.46. The number of carbonyl (C=O) groups excluding carboxylic acids is 2. The number of alkyl halides is 3. The quantitative estimate of drug-likeness (QED) is 0.446. The second-order valence-electron chi connectivity index (χ2n) is 10.0. The minimum atomic E-state index is -4.70. The molecule has 15 heteroatoms. The molecule has 9 nitrogen and oxygen atoms in total. The van der Waals surface area contributed by atoms with Crippen LogP contribution in [0.25, 0.3) is 16.8 Å². The van der Waals surface area contributed by atoms with Crippen LogP contribution in [0.1, 0.15) is 26.3 Å². The molecule has 0 saturated carbocycles. The summed E-state index contributed by atoms with van der Waals surface area (Å²) in [6.07, 6.45) is -3.65. The number of nitrogens with zero attached hydrogens (tertiary/aromatic N) is 5. The van der Waals surface area contributed by atoms with E-state index in [9.17, 15) is 27.9 Å². The van der Waals surface area contributed by atoms with E-state index in [-0.39, 0.29) is 17.0 Å². The normalized spacial score (nSPS) is 21.7. The molecule has 1 unspecified atom stereocenters. The van der Waals surface area contributed by atoms with Crippen molar-refractivity contribution in [1.82, 2.24) is 19.5 Å². The first-order valence-corrected chi connectivity index (χ1v) is 11.1. The standard InChI is InChI=1S/C21H24B3F3N6O3/c1-10(34)33-18(2,3)17(35)31(20(22,23)21(33,24)36)12-6-4-5-11(7-12)14-8-13(19(25,26)27)15-16(28)29-9-30-32(14)15/h4-9,36H,22-24H2,1-3H3,(H2,28,29,30). The molecule has 0 spiro atoms. The zero-order valence-electron chi connectivity index (χ0n) is 20.7. The van der Waals surface area contributed by atoms with Gasteiger partial charge in [0.2, 0.25) is 5.91 Å². The summed E-state index contributed by atoms with van der Waals surface area (Å²) < 4.78 is 42.4. The maximum absolute atomic E-state index is 13.8. The summed E-state index contributed by atoms with van der Waals surface area (Å²) in [5.41, 5.74) is 1.95. The summed E-state index contributed by atoms with van der Waals surface area (Å²) in [4.78, 5) is 32.4. The predicted molar refractivity (Wildman–Crippen MR) is 135 cm³/mol. The largest absolute Gasteiger partial charge is 0.418 e. The Kier molecular flexibility index (Phi) is 5.52. The van der Waals surface area contributed by atoms with Crippen molar-refractivity contribution in [3.05, 3.63) is 42.2 Å². The van der Waals surface area contributed by atoms with Gasteiger partial charge in [-0.05, 0) is 32.0 Å². The Morgan fingerprint density at radius 3 is 2.39 bits per heavy atom. The minimum Gasteiger partial charge on any atom is -0.382 e. The van der Waals surface area contributed by atoms with E-state index in [0.29, 0.717) is 11.3 Å². The summed E-state index contributed by atoms with van der Waals surface area (Å²) in [5.74, 6) is -1.26. The van der Waals surface area contributed by atoms with Crippen molar-refractivity contribution < 1.29 is 27.9 Å². The second-order valence-corrected chi connectivity index (χ2v) is 10.0. The summed E-state index contributed by atoms with van der Waals surface area (Å²) in [7, 11) is 4.69. The van der Waals surface area contributed by atoms with Crippen molar-refractivity contribution >= 4 is 52.4 Å². The number of hydrogen-bond acceptors (Lipinski definition) is 6. The van der Waals surface area contributed by atoms with Crippen LogP contribution in [-0.2, 0) is 15.8 Å². The van der Waals surface area contributed by atoms with Crippen LogP contribution in [0, 0.1) is 0 Å². The highest BCUT2D eigenvalue weighted by Crippen LogP contribution is 2.43. The van der Waals surface area contributed by atoms with E-state index in [4.69, 9.17) is 5.73 Å². The summed E-state index contributed by atoms with van der Waals surface area (Å²) in [6.45, 7) is 4.35. The van der Waals surface area contributed by atoms with Crippen molar-refractivity contribution in [2.75, 3.05) is 10.6 Å². The number of piperazine rings is 1. The number of anilines is 2. The van der Waals surface area contributed by atoms with E-state index < -0.39 is 40.1 Å². The minimum absolute atomic E-state index is 0.0897. The van der Waals surface area contributed by atoms with Crippen LogP contribution < -0.4 is 10.6 Å². The first kappa shape index (κ1) is 25.6. The van der Waals surface area contributed by atoms with Gasteiger partial charge in [0.25, 0.3) is 5.91 Å². The number of rotatable bonds is 2. The summed E-state index contributed by atoms with van der Waals surface area (Å²) >= 11 is 0. The summed E-state index contributed by atoms with van der Waals surface area (Å²) in [5, 5.41) is 14.2. The molecular formula is C21H24B3F3N6O3. The molecule has 36 heavy (non-hydrogen) atoms.